The minimum absolute atomic E-state index is 0.598. The zero-order chi connectivity index (χ0) is 31.2. The topological polar surface area (TPSA) is 51.8 Å². The third kappa shape index (κ3) is 4.84. The number of aromatic nitrogens is 3. The van der Waals surface area contributed by atoms with Crippen molar-refractivity contribution >= 4 is 32.7 Å². The molecule has 0 fully saturated rings. The molecule has 220 valence electrons. The monoisotopic (exact) mass is 601 g/mol. The van der Waals surface area contributed by atoms with Crippen LogP contribution in [0.4, 0.5) is 0 Å². The summed E-state index contributed by atoms with van der Waals surface area (Å²) in [6.07, 6.45) is 0. The molecule has 4 heteroatoms. The Labute approximate surface area is 271 Å². The van der Waals surface area contributed by atoms with Gasteiger partial charge in [-0.05, 0) is 39.6 Å². The van der Waals surface area contributed by atoms with Crippen LogP contribution in [0, 0.1) is 0 Å². The molecule has 0 radical (unpaired) electrons. The molecule has 9 aromatic rings. The second kappa shape index (κ2) is 11.2. The Morgan fingerprint density at radius 2 is 0.894 bits per heavy atom. The van der Waals surface area contributed by atoms with Crippen molar-refractivity contribution in [1.82, 2.24) is 15.0 Å². The summed E-state index contributed by atoms with van der Waals surface area (Å²) >= 11 is 0. The predicted molar refractivity (Wildman–Crippen MR) is 192 cm³/mol. The molecule has 9 rings (SSSR count). The Bertz CT molecular complexity index is 2550. The Morgan fingerprint density at radius 3 is 1.70 bits per heavy atom. The van der Waals surface area contributed by atoms with Gasteiger partial charge in [0, 0.05) is 33.0 Å². The molecular weight excluding hydrogens is 574 g/mol. The lowest BCUT2D eigenvalue weighted by Gasteiger charge is -2.10. The lowest BCUT2D eigenvalue weighted by molar-refractivity contribution is 0.670. The lowest BCUT2D eigenvalue weighted by atomic mass is 9.99. The summed E-state index contributed by atoms with van der Waals surface area (Å²) < 4.78 is 6.63. The van der Waals surface area contributed by atoms with Gasteiger partial charge in [-0.25, -0.2) is 15.0 Å². The zero-order valence-corrected chi connectivity index (χ0v) is 25.3. The number of para-hydroxylation sites is 1. The van der Waals surface area contributed by atoms with E-state index in [4.69, 9.17) is 19.4 Å². The highest BCUT2D eigenvalue weighted by molar-refractivity contribution is 6.10. The van der Waals surface area contributed by atoms with Gasteiger partial charge in [0.25, 0.3) is 0 Å². The predicted octanol–water partition coefficient (Wildman–Crippen LogP) is 11.3. The molecule has 0 aliphatic carbocycles. The van der Waals surface area contributed by atoms with Crippen LogP contribution in [0.1, 0.15) is 0 Å². The quantitative estimate of drug-likeness (QED) is 0.197. The van der Waals surface area contributed by atoms with E-state index in [0.717, 1.165) is 60.5 Å². The minimum atomic E-state index is 0.598. The molecule has 2 aromatic heterocycles. The van der Waals surface area contributed by atoms with E-state index >= 15 is 0 Å². The first-order chi connectivity index (χ1) is 23.3. The van der Waals surface area contributed by atoms with Crippen molar-refractivity contribution in [2.45, 2.75) is 0 Å². The number of hydrogen-bond acceptors (Lipinski definition) is 4. The van der Waals surface area contributed by atoms with Crippen LogP contribution < -0.4 is 0 Å². The van der Waals surface area contributed by atoms with E-state index in [9.17, 15) is 0 Å². The molecule has 0 aliphatic rings. The third-order valence-electron chi connectivity index (χ3n) is 8.76. The molecule has 0 N–H and O–H groups in total. The average Bonchev–Trinajstić information content (AvgIpc) is 3.53. The zero-order valence-electron chi connectivity index (χ0n) is 25.3. The van der Waals surface area contributed by atoms with E-state index in [-0.39, 0.29) is 0 Å². The molecular formula is C43H27N3O. The first kappa shape index (κ1) is 27.0. The number of furan rings is 1. The van der Waals surface area contributed by atoms with Crippen LogP contribution in [-0.4, -0.2) is 15.0 Å². The van der Waals surface area contributed by atoms with E-state index in [1.165, 1.54) is 11.1 Å². The second-order valence-electron chi connectivity index (χ2n) is 11.6. The fraction of sp³-hybridized carbons (Fsp3) is 0. The molecule has 7 aromatic carbocycles. The largest absolute Gasteiger partial charge is 0.455 e. The summed E-state index contributed by atoms with van der Waals surface area (Å²) in [6.45, 7) is 0. The highest BCUT2D eigenvalue weighted by Crippen LogP contribution is 2.38. The van der Waals surface area contributed by atoms with E-state index in [1.807, 2.05) is 48.5 Å². The van der Waals surface area contributed by atoms with Crippen LogP contribution in [0.2, 0.25) is 0 Å². The van der Waals surface area contributed by atoms with Gasteiger partial charge in [0.2, 0.25) is 0 Å². The van der Waals surface area contributed by atoms with E-state index in [2.05, 4.69) is 115 Å². The maximum absolute atomic E-state index is 6.63. The molecule has 0 bridgehead atoms. The summed E-state index contributed by atoms with van der Waals surface area (Å²) in [4.78, 5) is 15.0. The highest BCUT2D eigenvalue weighted by atomic mass is 16.3. The van der Waals surface area contributed by atoms with Gasteiger partial charge >= 0.3 is 0 Å². The fourth-order valence-corrected chi connectivity index (χ4v) is 6.40. The van der Waals surface area contributed by atoms with Crippen molar-refractivity contribution < 1.29 is 4.42 Å². The summed E-state index contributed by atoms with van der Waals surface area (Å²) in [5.74, 6) is 1.86. The molecule has 0 spiro atoms. The van der Waals surface area contributed by atoms with E-state index in [0.29, 0.717) is 17.5 Å². The molecule has 0 aliphatic heterocycles. The maximum Gasteiger partial charge on any atom is 0.164 e. The Kier molecular flexibility index (Phi) is 6.43. The average molecular weight is 602 g/mol. The summed E-state index contributed by atoms with van der Waals surface area (Å²) in [5.41, 5.74) is 8.98. The van der Waals surface area contributed by atoms with E-state index in [1.54, 1.807) is 0 Å². The molecule has 4 nitrogen and oxygen atoms in total. The van der Waals surface area contributed by atoms with Gasteiger partial charge < -0.3 is 4.42 Å². The number of hydrogen-bond donors (Lipinski definition) is 0. The summed E-state index contributed by atoms with van der Waals surface area (Å²) in [5, 5.41) is 4.37. The number of benzene rings is 7. The van der Waals surface area contributed by atoms with Crippen LogP contribution in [0.15, 0.2) is 168 Å². The highest BCUT2D eigenvalue weighted by Gasteiger charge is 2.17. The molecule has 0 saturated heterocycles. The van der Waals surface area contributed by atoms with Gasteiger partial charge in [-0.3, -0.25) is 0 Å². The number of rotatable bonds is 5. The molecule has 47 heavy (non-hydrogen) atoms. The van der Waals surface area contributed by atoms with Crippen LogP contribution in [0.3, 0.4) is 0 Å². The number of fused-ring (bicyclic) bond motifs is 4. The SMILES string of the molecule is c1ccc(-c2ccc(-c3cccc4c3oc3cc(-c5nc(-c6ccccc6)nc(-c6cccc7ccccc67)n5)ccc34)cc2)cc1. The Hall–Kier alpha value is -6.39. The molecule has 0 atom stereocenters. The Balaban J connectivity index is 1.17. The van der Waals surface area contributed by atoms with Crippen LogP contribution in [0.5, 0.6) is 0 Å². The standard InChI is InChI=1S/C43H27N3O/c1-3-11-28(12-4-1)29-21-23-31(24-22-29)35-18-10-19-37-36-26-25-33(27-39(36)47-40(35)37)42-44-41(32-14-5-2-6-15-32)45-43(46-42)38-20-9-16-30-13-7-8-17-34(30)38/h1-27H. The summed E-state index contributed by atoms with van der Waals surface area (Å²) in [7, 11) is 0. The van der Waals surface area contributed by atoms with Crippen LogP contribution >= 0.6 is 0 Å². The molecule has 2 heterocycles. The van der Waals surface area contributed by atoms with Gasteiger partial charge in [-0.2, -0.15) is 0 Å². The second-order valence-corrected chi connectivity index (χ2v) is 11.6. The fourth-order valence-electron chi connectivity index (χ4n) is 6.40. The first-order valence-electron chi connectivity index (χ1n) is 15.7. The van der Waals surface area contributed by atoms with Gasteiger partial charge in [0.15, 0.2) is 17.5 Å². The lowest BCUT2D eigenvalue weighted by Crippen LogP contribution is -2.00. The van der Waals surface area contributed by atoms with Crippen molar-refractivity contribution in [3.05, 3.63) is 164 Å². The van der Waals surface area contributed by atoms with Crippen molar-refractivity contribution in [1.29, 1.82) is 0 Å². The van der Waals surface area contributed by atoms with Crippen molar-refractivity contribution in [3.8, 4) is 56.4 Å². The van der Waals surface area contributed by atoms with Gasteiger partial charge in [-0.1, -0.05) is 152 Å². The summed E-state index contributed by atoms with van der Waals surface area (Å²) in [6, 6.07) is 56.3. The smallest absolute Gasteiger partial charge is 0.164 e. The molecule has 0 saturated carbocycles. The molecule has 0 amide bonds. The van der Waals surface area contributed by atoms with Gasteiger partial charge in [0.1, 0.15) is 11.2 Å². The van der Waals surface area contributed by atoms with Crippen molar-refractivity contribution in [3.63, 3.8) is 0 Å². The normalized spacial score (nSPS) is 11.4. The third-order valence-corrected chi connectivity index (χ3v) is 8.76. The first-order valence-corrected chi connectivity index (χ1v) is 15.7. The molecule has 0 unspecified atom stereocenters. The van der Waals surface area contributed by atoms with Gasteiger partial charge in [-0.15, -0.1) is 0 Å². The maximum atomic E-state index is 6.63. The van der Waals surface area contributed by atoms with Crippen LogP contribution in [-0.2, 0) is 0 Å². The van der Waals surface area contributed by atoms with Crippen molar-refractivity contribution in [2.75, 3.05) is 0 Å². The minimum Gasteiger partial charge on any atom is -0.455 e. The Morgan fingerprint density at radius 1 is 0.340 bits per heavy atom. The van der Waals surface area contributed by atoms with Crippen molar-refractivity contribution in [2.24, 2.45) is 0 Å². The van der Waals surface area contributed by atoms with Crippen LogP contribution in [0.25, 0.3) is 89.1 Å². The van der Waals surface area contributed by atoms with Gasteiger partial charge in [0.05, 0.1) is 0 Å². The van der Waals surface area contributed by atoms with E-state index < -0.39 is 0 Å². The number of nitrogens with zero attached hydrogens (tertiary/aromatic N) is 3.